The number of carbonyl (C=O) groups is 1. The van der Waals surface area contributed by atoms with Crippen molar-refractivity contribution in [1.82, 2.24) is 0 Å². The molecule has 18 heavy (non-hydrogen) atoms. The zero-order valence-corrected chi connectivity index (χ0v) is 12.4. The fraction of sp³-hybridized carbons (Fsp3) is 0.417. The van der Waals surface area contributed by atoms with E-state index in [0.29, 0.717) is 5.56 Å². The topological polar surface area (TPSA) is 61.5 Å². The molecule has 1 aromatic carbocycles. The minimum Gasteiger partial charge on any atom is -0.370 e. The number of ether oxygens (including phenoxy) is 2. The maximum Gasteiger partial charge on any atom is 0.217 e. The van der Waals surface area contributed by atoms with E-state index in [1.807, 2.05) is 22.6 Å². The number of hydrogen-bond donors (Lipinski definition) is 1. The molecular formula is C12H15FINO3. The fourth-order valence-electron chi connectivity index (χ4n) is 1.73. The van der Waals surface area contributed by atoms with Crippen LogP contribution in [0.4, 0.5) is 4.39 Å². The Morgan fingerprint density at radius 1 is 1.39 bits per heavy atom. The SMILES string of the molecule is COC(CCC(N)=O)(OC)c1cc(F)cc(I)c1. The summed E-state index contributed by atoms with van der Waals surface area (Å²) in [5, 5.41) is 0. The van der Waals surface area contributed by atoms with E-state index in [0.717, 1.165) is 3.57 Å². The Morgan fingerprint density at radius 3 is 2.44 bits per heavy atom. The first-order valence-corrected chi connectivity index (χ1v) is 6.36. The van der Waals surface area contributed by atoms with E-state index in [1.165, 1.54) is 26.4 Å². The Labute approximate surface area is 119 Å². The van der Waals surface area contributed by atoms with E-state index in [1.54, 1.807) is 6.07 Å². The molecular weight excluding hydrogens is 352 g/mol. The minimum absolute atomic E-state index is 0.0920. The van der Waals surface area contributed by atoms with Crippen LogP contribution in [-0.4, -0.2) is 20.1 Å². The van der Waals surface area contributed by atoms with Crippen molar-refractivity contribution < 1.29 is 18.7 Å². The van der Waals surface area contributed by atoms with Crippen LogP contribution in [0.1, 0.15) is 18.4 Å². The molecule has 6 heteroatoms. The van der Waals surface area contributed by atoms with Crippen LogP contribution < -0.4 is 5.73 Å². The van der Waals surface area contributed by atoms with Gasteiger partial charge in [-0.2, -0.15) is 0 Å². The molecule has 1 amide bonds. The van der Waals surface area contributed by atoms with E-state index >= 15 is 0 Å². The number of carbonyl (C=O) groups excluding carboxylic acids is 1. The van der Waals surface area contributed by atoms with Crippen LogP contribution in [0.5, 0.6) is 0 Å². The van der Waals surface area contributed by atoms with Gasteiger partial charge in [-0.25, -0.2) is 4.39 Å². The predicted molar refractivity (Wildman–Crippen MR) is 73.2 cm³/mol. The Kier molecular flexibility index (Phi) is 5.48. The van der Waals surface area contributed by atoms with Gasteiger partial charge in [-0.1, -0.05) is 0 Å². The minimum atomic E-state index is -1.16. The van der Waals surface area contributed by atoms with Gasteiger partial charge in [0.25, 0.3) is 0 Å². The summed E-state index contributed by atoms with van der Waals surface area (Å²) in [7, 11) is 2.89. The molecule has 0 bridgehead atoms. The van der Waals surface area contributed by atoms with Gasteiger partial charge >= 0.3 is 0 Å². The lowest BCUT2D eigenvalue weighted by Crippen LogP contribution is -2.32. The second-order valence-corrected chi connectivity index (χ2v) is 5.03. The standard InChI is InChI=1S/C12H15FINO3/c1-17-12(18-2,4-3-11(15)16)8-5-9(13)7-10(14)6-8/h5-7H,3-4H2,1-2H3,(H2,15,16). The molecule has 100 valence electrons. The maximum absolute atomic E-state index is 13.4. The number of benzene rings is 1. The smallest absolute Gasteiger partial charge is 0.217 e. The van der Waals surface area contributed by atoms with Crippen molar-refractivity contribution in [1.29, 1.82) is 0 Å². The zero-order chi connectivity index (χ0) is 13.8. The summed E-state index contributed by atoms with van der Waals surface area (Å²) < 4.78 is 24.8. The van der Waals surface area contributed by atoms with E-state index in [-0.39, 0.29) is 18.7 Å². The van der Waals surface area contributed by atoms with Gasteiger partial charge in [0, 0.05) is 36.2 Å². The predicted octanol–water partition coefficient (Wildman–Crippen LogP) is 2.14. The van der Waals surface area contributed by atoms with Gasteiger partial charge in [-0.3, -0.25) is 4.79 Å². The van der Waals surface area contributed by atoms with Crippen molar-refractivity contribution in [2.75, 3.05) is 14.2 Å². The van der Waals surface area contributed by atoms with Crippen molar-refractivity contribution in [3.8, 4) is 0 Å². The third-order valence-corrected chi connectivity index (χ3v) is 3.29. The van der Waals surface area contributed by atoms with Gasteiger partial charge in [-0.15, -0.1) is 0 Å². The highest BCUT2D eigenvalue weighted by molar-refractivity contribution is 14.1. The Hall–Kier alpha value is -0.730. The molecule has 2 N–H and O–H groups in total. The third kappa shape index (κ3) is 3.63. The Balaban J connectivity index is 3.12. The number of methoxy groups -OCH3 is 2. The fourth-order valence-corrected chi connectivity index (χ4v) is 2.36. The molecule has 4 nitrogen and oxygen atoms in total. The van der Waals surface area contributed by atoms with Gasteiger partial charge in [0.15, 0.2) is 5.79 Å². The largest absolute Gasteiger partial charge is 0.370 e. The van der Waals surface area contributed by atoms with Crippen LogP contribution in [0.25, 0.3) is 0 Å². The van der Waals surface area contributed by atoms with Crippen LogP contribution in [0.2, 0.25) is 0 Å². The Bertz CT molecular complexity index is 415. The molecule has 0 radical (unpaired) electrons. The van der Waals surface area contributed by atoms with Crippen molar-refractivity contribution >= 4 is 28.5 Å². The van der Waals surface area contributed by atoms with E-state index in [4.69, 9.17) is 15.2 Å². The molecule has 0 saturated heterocycles. The van der Waals surface area contributed by atoms with Gasteiger partial charge in [0.1, 0.15) is 5.82 Å². The lowest BCUT2D eigenvalue weighted by Gasteiger charge is -2.31. The summed E-state index contributed by atoms with van der Waals surface area (Å²) in [4.78, 5) is 10.9. The molecule has 0 aliphatic rings. The quantitative estimate of drug-likeness (QED) is 0.619. The number of halogens is 2. The van der Waals surface area contributed by atoms with Crippen molar-refractivity contribution in [2.45, 2.75) is 18.6 Å². The number of primary amides is 1. The molecule has 0 unspecified atom stereocenters. The monoisotopic (exact) mass is 367 g/mol. The molecule has 0 heterocycles. The molecule has 0 atom stereocenters. The van der Waals surface area contributed by atoms with E-state index < -0.39 is 11.7 Å². The average molecular weight is 367 g/mol. The van der Waals surface area contributed by atoms with Crippen LogP contribution in [0.15, 0.2) is 18.2 Å². The highest BCUT2D eigenvalue weighted by Crippen LogP contribution is 2.32. The van der Waals surface area contributed by atoms with E-state index in [2.05, 4.69) is 0 Å². The molecule has 1 aromatic rings. The lowest BCUT2D eigenvalue weighted by molar-refractivity contribution is -0.220. The molecule has 0 spiro atoms. The summed E-state index contributed by atoms with van der Waals surface area (Å²) in [5.74, 6) is -1.99. The second-order valence-electron chi connectivity index (χ2n) is 3.79. The summed E-state index contributed by atoms with van der Waals surface area (Å²) in [6.45, 7) is 0. The molecule has 0 aliphatic heterocycles. The van der Waals surface area contributed by atoms with Crippen LogP contribution in [0, 0.1) is 9.39 Å². The highest BCUT2D eigenvalue weighted by atomic mass is 127. The number of rotatable bonds is 6. The second kappa shape index (κ2) is 6.44. The van der Waals surface area contributed by atoms with Gasteiger partial charge in [0.2, 0.25) is 5.91 Å². The normalized spacial score (nSPS) is 11.6. The molecule has 0 fully saturated rings. The zero-order valence-electron chi connectivity index (χ0n) is 10.2. The summed E-state index contributed by atoms with van der Waals surface area (Å²) >= 11 is 2.00. The molecule has 0 aliphatic carbocycles. The summed E-state index contributed by atoms with van der Waals surface area (Å²) in [6, 6.07) is 4.47. The molecule has 0 aromatic heterocycles. The van der Waals surface area contributed by atoms with Gasteiger partial charge in [-0.05, 0) is 40.8 Å². The van der Waals surface area contributed by atoms with Gasteiger partial charge in [0.05, 0.1) is 0 Å². The van der Waals surface area contributed by atoms with E-state index in [9.17, 15) is 9.18 Å². The first-order chi connectivity index (χ1) is 8.43. The van der Waals surface area contributed by atoms with Crippen molar-refractivity contribution in [2.24, 2.45) is 5.73 Å². The molecule has 0 saturated carbocycles. The number of hydrogen-bond acceptors (Lipinski definition) is 3. The van der Waals surface area contributed by atoms with Crippen molar-refractivity contribution in [3.05, 3.63) is 33.1 Å². The highest BCUT2D eigenvalue weighted by Gasteiger charge is 2.33. The molecule has 1 rings (SSSR count). The Morgan fingerprint density at radius 2 is 2.00 bits per heavy atom. The lowest BCUT2D eigenvalue weighted by atomic mass is 10.00. The van der Waals surface area contributed by atoms with Crippen LogP contribution >= 0.6 is 22.6 Å². The number of nitrogens with two attached hydrogens (primary N) is 1. The first-order valence-electron chi connectivity index (χ1n) is 5.28. The number of amides is 1. The van der Waals surface area contributed by atoms with Crippen LogP contribution in [0.3, 0.4) is 0 Å². The summed E-state index contributed by atoms with van der Waals surface area (Å²) in [5.41, 5.74) is 5.65. The third-order valence-electron chi connectivity index (χ3n) is 2.66. The van der Waals surface area contributed by atoms with Gasteiger partial charge < -0.3 is 15.2 Å². The maximum atomic E-state index is 13.4. The average Bonchev–Trinajstić information content (AvgIpc) is 2.29. The van der Waals surface area contributed by atoms with Crippen molar-refractivity contribution in [3.63, 3.8) is 0 Å². The van der Waals surface area contributed by atoms with Crippen LogP contribution in [-0.2, 0) is 20.1 Å². The summed E-state index contributed by atoms with van der Waals surface area (Å²) in [6.07, 6.45) is 0.323. The first kappa shape index (κ1) is 15.3.